The molecule has 4 heteroatoms. The number of fused-ring (bicyclic) bond motifs is 11. The van der Waals surface area contributed by atoms with Gasteiger partial charge >= 0.3 is 0 Å². The molecule has 0 N–H and O–H groups in total. The number of rotatable bonds is 6. The van der Waals surface area contributed by atoms with Gasteiger partial charge in [-0.15, -0.1) is 0 Å². The summed E-state index contributed by atoms with van der Waals surface area (Å²) in [5.74, 6) is 0. The van der Waals surface area contributed by atoms with Gasteiger partial charge in [0.05, 0.1) is 27.8 Å². The summed E-state index contributed by atoms with van der Waals surface area (Å²) in [6, 6.07) is 78.1. The largest absolute Gasteiger partial charge is 0.456 e. The van der Waals surface area contributed by atoms with Crippen LogP contribution in [0.2, 0.25) is 0 Å². The molecule has 0 atom stereocenters. The average Bonchev–Trinajstić information content (AvgIpc) is 4.02. The van der Waals surface area contributed by atoms with E-state index >= 15 is 0 Å². The average molecular weight is 793 g/mol. The highest BCUT2D eigenvalue weighted by Crippen LogP contribution is 2.46. The van der Waals surface area contributed by atoms with Gasteiger partial charge in [-0.2, -0.15) is 0 Å². The van der Waals surface area contributed by atoms with Crippen LogP contribution in [-0.4, -0.2) is 4.57 Å². The smallest absolute Gasteiger partial charge is 0.137 e. The number of hydrogen-bond donors (Lipinski definition) is 0. The van der Waals surface area contributed by atoms with Crippen LogP contribution in [0.3, 0.4) is 0 Å². The minimum atomic E-state index is 0.843. The molecule has 13 aromatic rings. The summed E-state index contributed by atoms with van der Waals surface area (Å²) in [6.45, 7) is 0. The summed E-state index contributed by atoms with van der Waals surface area (Å²) in [6.07, 6.45) is 0. The lowest BCUT2D eigenvalue weighted by atomic mass is 9.96. The maximum Gasteiger partial charge on any atom is 0.137 e. The first kappa shape index (κ1) is 34.5. The fraction of sp³-hybridized carbons (Fsp3) is 0. The van der Waals surface area contributed by atoms with Gasteiger partial charge in [0.1, 0.15) is 22.3 Å². The third-order valence-electron chi connectivity index (χ3n) is 12.6. The summed E-state index contributed by atoms with van der Waals surface area (Å²) < 4.78 is 15.4. The molecule has 0 fully saturated rings. The molecule has 3 heterocycles. The van der Waals surface area contributed by atoms with Crippen molar-refractivity contribution in [3.05, 3.63) is 218 Å². The zero-order chi connectivity index (χ0) is 40.7. The van der Waals surface area contributed by atoms with Crippen molar-refractivity contribution in [2.45, 2.75) is 0 Å². The molecule has 4 nitrogen and oxygen atoms in total. The Kier molecular flexibility index (Phi) is 7.57. The van der Waals surface area contributed by atoms with Gasteiger partial charge in [0.15, 0.2) is 0 Å². The summed E-state index contributed by atoms with van der Waals surface area (Å²) in [7, 11) is 0. The minimum Gasteiger partial charge on any atom is -0.456 e. The lowest BCUT2D eigenvalue weighted by molar-refractivity contribution is 0.669. The van der Waals surface area contributed by atoms with E-state index in [4.69, 9.17) is 8.83 Å². The minimum absolute atomic E-state index is 0.843. The molecule has 0 unspecified atom stereocenters. The number of aromatic nitrogens is 1. The van der Waals surface area contributed by atoms with Crippen molar-refractivity contribution < 1.29 is 8.83 Å². The van der Waals surface area contributed by atoms with Crippen molar-refractivity contribution in [3.63, 3.8) is 0 Å². The van der Waals surface area contributed by atoms with Gasteiger partial charge in [0, 0.05) is 49.9 Å². The topological polar surface area (TPSA) is 34.5 Å². The SMILES string of the molecule is c1ccc(-c2ccc(-n3c4ccccc4c4c5ccccc5ccc43)c(-c3ccc(N(c4ccc5c(c4)oc4ccccc45)c4cccc5oc6ccccc6c45)cc3)c2)cc1. The van der Waals surface area contributed by atoms with Gasteiger partial charge in [-0.3, -0.25) is 0 Å². The fourth-order valence-corrected chi connectivity index (χ4v) is 9.78. The number of nitrogens with zero attached hydrogens (tertiary/aromatic N) is 2. The molecule has 0 spiro atoms. The Balaban J connectivity index is 1.03. The lowest BCUT2D eigenvalue weighted by Gasteiger charge is -2.26. The molecule has 0 aliphatic rings. The predicted octanol–water partition coefficient (Wildman–Crippen LogP) is 16.5. The number of para-hydroxylation sites is 3. The Morgan fingerprint density at radius 1 is 0.339 bits per heavy atom. The maximum absolute atomic E-state index is 6.47. The Labute approximate surface area is 356 Å². The normalized spacial score (nSPS) is 11.9. The number of hydrogen-bond acceptors (Lipinski definition) is 3. The molecule has 13 rings (SSSR count). The highest BCUT2D eigenvalue weighted by molar-refractivity contribution is 6.21. The third-order valence-corrected chi connectivity index (χ3v) is 12.6. The number of benzene rings is 10. The highest BCUT2D eigenvalue weighted by atomic mass is 16.3. The van der Waals surface area contributed by atoms with Crippen LogP contribution in [0.5, 0.6) is 0 Å². The Morgan fingerprint density at radius 3 is 1.84 bits per heavy atom. The van der Waals surface area contributed by atoms with E-state index in [9.17, 15) is 0 Å². The molecule has 3 aromatic heterocycles. The van der Waals surface area contributed by atoms with Gasteiger partial charge < -0.3 is 18.3 Å². The second kappa shape index (κ2) is 13.6. The third kappa shape index (κ3) is 5.27. The van der Waals surface area contributed by atoms with Crippen LogP contribution >= 0.6 is 0 Å². The van der Waals surface area contributed by atoms with Crippen LogP contribution in [0, 0.1) is 0 Å². The van der Waals surface area contributed by atoms with E-state index in [2.05, 4.69) is 204 Å². The van der Waals surface area contributed by atoms with Crippen molar-refractivity contribution in [2.75, 3.05) is 4.90 Å². The van der Waals surface area contributed by atoms with Crippen LogP contribution < -0.4 is 4.90 Å². The van der Waals surface area contributed by atoms with Crippen molar-refractivity contribution >= 4 is 93.5 Å². The van der Waals surface area contributed by atoms with Gasteiger partial charge in [0.25, 0.3) is 0 Å². The van der Waals surface area contributed by atoms with Gasteiger partial charge in [-0.05, 0) is 100 Å². The lowest BCUT2D eigenvalue weighted by Crippen LogP contribution is -2.10. The molecule has 10 aromatic carbocycles. The Bertz CT molecular complexity index is 3870. The van der Waals surface area contributed by atoms with E-state index in [0.29, 0.717) is 0 Å². The van der Waals surface area contributed by atoms with E-state index < -0.39 is 0 Å². The molecular formula is C58H36N2O2. The first-order chi connectivity index (χ1) is 30.7. The molecule has 0 aliphatic heterocycles. The molecule has 62 heavy (non-hydrogen) atoms. The molecule has 0 amide bonds. The van der Waals surface area contributed by atoms with Crippen molar-refractivity contribution in [2.24, 2.45) is 0 Å². The summed E-state index contributed by atoms with van der Waals surface area (Å²) >= 11 is 0. The van der Waals surface area contributed by atoms with Crippen molar-refractivity contribution in [1.29, 1.82) is 0 Å². The molecule has 0 bridgehead atoms. The van der Waals surface area contributed by atoms with E-state index in [1.54, 1.807) is 0 Å². The fourth-order valence-electron chi connectivity index (χ4n) is 9.78. The molecule has 0 saturated carbocycles. The predicted molar refractivity (Wildman–Crippen MR) is 258 cm³/mol. The van der Waals surface area contributed by atoms with Crippen LogP contribution in [0.25, 0.3) is 104 Å². The zero-order valence-electron chi connectivity index (χ0n) is 33.5. The van der Waals surface area contributed by atoms with E-state index in [1.807, 2.05) is 24.3 Å². The van der Waals surface area contributed by atoms with Gasteiger partial charge in [-0.25, -0.2) is 0 Å². The quantitative estimate of drug-likeness (QED) is 0.168. The summed E-state index contributed by atoms with van der Waals surface area (Å²) in [5.41, 5.74) is 14.6. The van der Waals surface area contributed by atoms with E-state index in [-0.39, 0.29) is 0 Å². The molecule has 0 radical (unpaired) electrons. The number of anilines is 3. The molecular weight excluding hydrogens is 757 g/mol. The van der Waals surface area contributed by atoms with Gasteiger partial charge in [0.2, 0.25) is 0 Å². The van der Waals surface area contributed by atoms with E-state index in [0.717, 1.165) is 77.8 Å². The second-order valence-corrected chi connectivity index (χ2v) is 16.0. The van der Waals surface area contributed by atoms with Crippen LogP contribution in [0.1, 0.15) is 0 Å². The maximum atomic E-state index is 6.47. The van der Waals surface area contributed by atoms with Crippen molar-refractivity contribution in [1.82, 2.24) is 4.57 Å². The van der Waals surface area contributed by atoms with Gasteiger partial charge in [-0.1, -0.05) is 140 Å². The van der Waals surface area contributed by atoms with E-state index in [1.165, 1.54) is 43.7 Å². The Morgan fingerprint density at radius 2 is 0.984 bits per heavy atom. The monoisotopic (exact) mass is 792 g/mol. The van der Waals surface area contributed by atoms with Crippen LogP contribution in [-0.2, 0) is 0 Å². The Hall–Kier alpha value is -8.34. The first-order valence-electron chi connectivity index (χ1n) is 21.1. The summed E-state index contributed by atoms with van der Waals surface area (Å²) in [4.78, 5) is 2.33. The molecule has 0 saturated heterocycles. The zero-order valence-corrected chi connectivity index (χ0v) is 33.5. The molecule has 0 aliphatic carbocycles. The van der Waals surface area contributed by atoms with Crippen LogP contribution in [0.15, 0.2) is 227 Å². The highest BCUT2D eigenvalue weighted by Gasteiger charge is 2.22. The summed E-state index contributed by atoms with van der Waals surface area (Å²) in [5, 5.41) is 9.35. The second-order valence-electron chi connectivity index (χ2n) is 16.0. The molecule has 290 valence electrons. The van der Waals surface area contributed by atoms with Crippen LogP contribution in [0.4, 0.5) is 17.1 Å². The first-order valence-corrected chi connectivity index (χ1v) is 21.1. The van der Waals surface area contributed by atoms with Crippen molar-refractivity contribution in [3.8, 4) is 27.9 Å². The number of furan rings is 2. The standard InChI is InChI=1S/C58H36N2O2/c1-2-13-37(14-3-1)40-28-33-50(60-49-20-9-6-18-46(49)57-43-16-5-4-15-38(43)27-34-52(57)60)48(35-40)39-25-29-41(30-26-39)59(42-31-32-45-44-17-7-10-22-53(44)62-56(45)36-42)51-21-12-24-55-58(51)47-19-8-11-23-54(47)61-55/h1-36H.